The highest BCUT2D eigenvalue weighted by molar-refractivity contribution is 5.76. The maximum atomic E-state index is 6.09. The quantitative estimate of drug-likeness (QED) is 0.863. The number of nitrogens with two attached hydrogens (primary N) is 1. The van der Waals surface area contributed by atoms with E-state index in [9.17, 15) is 0 Å². The van der Waals surface area contributed by atoms with Gasteiger partial charge in [0.05, 0.1) is 11.0 Å². The molecule has 0 aliphatic heterocycles. The molecule has 0 saturated carbocycles. The van der Waals surface area contributed by atoms with E-state index in [0.29, 0.717) is 6.54 Å². The van der Waals surface area contributed by atoms with Crippen LogP contribution in [0.2, 0.25) is 0 Å². The van der Waals surface area contributed by atoms with Gasteiger partial charge in [-0.3, -0.25) is 0 Å². The van der Waals surface area contributed by atoms with Crippen molar-refractivity contribution in [3.63, 3.8) is 0 Å². The lowest BCUT2D eigenvalue weighted by molar-refractivity contribution is 0.366. The highest BCUT2D eigenvalue weighted by Crippen LogP contribution is 2.32. The van der Waals surface area contributed by atoms with Crippen LogP contribution >= 0.6 is 0 Å². The van der Waals surface area contributed by atoms with Crippen LogP contribution in [0.1, 0.15) is 45.9 Å². The van der Waals surface area contributed by atoms with E-state index in [0.717, 1.165) is 31.3 Å². The third-order valence-corrected chi connectivity index (χ3v) is 4.32. The highest BCUT2D eigenvalue weighted by atomic mass is 15.1. The van der Waals surface area contributed by atoms with Gasteiger partial charge in [0.25, 0.3) is 0 Å². The summed E-state index contributed by atoms with van der Waals surface area (Å²) >= 11 is 0. The fraction of sp³-hybridized carbons (Fsp3) is 0.562. The second-order valence-electron chi connectivity index (χ2n) is 5.27. The van der Waals surface area contributed by atoms with Crippen LogP contribution in [0.3, 0.4) is 0 Å². The second-order valence-corrected chi connectivity index (χ2v) is 5.27. The van der Waals surface area contributed by atoms with Crippen LogP contribution in [-0.2, 0) is 12.0 Å². The number of imidazole rings is 1. The van der Waals surface area contributed by atoms with Gasteiger partial charge in [0.1, 0.15) is 5.82 Å². The zero-order chi connectivity index (χ0) is 13.9. The molecule has 0 saturated heterocycles. The lowest BCUT2D eigenvalue weighted by atomic mass is 9.81. The summed E-state index contributed by atoms with van der Waals surface area (Å²) in [7, 11) is 0. The van der Waals surface area contributed by atoms with E-state index >= 15 is 0 Å². The third kappa shape index (κ3) is 2.27. The summed E-state index contributed by atoms with van der Waals surface area (Å²) in [5.74, 6) is 1.17. The van der Waals surface area contributed by atoms with Gasteiger partial charge in [-0.05, 0) is 31.4 Å². The van der Waals surface area contributed by atoms with E-state index in [2.05, 4.69) is 49.6 Å². The molecular formula is C16H25N3. The summed E-state index contributed by atoms with van der Waals surface area (Å²) in [5.41, 5.74) is 8.43. The van der Waals surface area contributed by atoms with E-state index in [1.807, 2.05) is 0 Å². The maximum Gasteiger partial charge on any atom is 0.117 e. The Labute approximate surface area is 115 Å². The topological polar surface area (TPSA) is 43.8 Å². The Morgan fingerprint density at radius 3 is 2.42 bits per heavy atom. The van der Waals surface area contributed by atoms with Gasteiger partial charge in [0.15, 0.2) is 0 Å². The number of fused-ring (bicyclic) bond motifs is 1. The Bertz CT molecular complexity index is 530. The normalized spacial score (nSPS) is 12.2. The molecule has 0 fully saturated rings. The van der Waals surface area contributed by atoms with Crippen molar-refractivity contribution in [3.8, 4) is 0 Å². The molecular weight excluding hydrogens is 234 g/mol. The number of hydrogen-bond donors (Lipinski definition) is 1. The SMILES string of the molecule is CCCn1c(C(CC)(CC)CN)nc2ccccc21. The lowest BCUT2D eigenvalue weighted by Crippen LogP contribution is -2.36. The van der Waals surface area contributed by atoms with Crippen molar-refractivity contribution in [2.75, 3.05) is 6.54 Å². The van der Waals surface area contributed by atoms with Crippen LogP contribution in [-0.4, -0.2) is 16.1 Å². The molecule has 104 valence electrons. The average molecular weight is 259 g/mol. The summed E-state index contributed by atoms with van der Waals surface area (Å²) in [6.45, 7) is 8.31. The van der Waals surface area contributed by atoms with Gasteiger partial charge in [0.2, 0.25) is 0 Å². The van der Waals surface area contributed by atoms with E-state index in [-0.39, 0.29) is 5.41 Å². The fourth-order valence-corrected chi connectivity index (χ4v) is 2.88. The van der Waals surface area contributed by atoms with Gasteiger partial charge in [-0.1, -0.05) is 32.9 Å². The molecule has 0 unspecified atom stereocenters. The lowest BCUT2D eigenvalue weighted by Gasteiger charge is -2.30. The maximum absolute atomic E-state index is 6.09. The van der Waals surface area contributed by atoms with Gasteiger partial charge < -0.3 is 10.3 Å². The van der Waals surface area contributed by atoms with Crippen LogP contribution in [0.4, 0.5) is 0 Å². The molecule has 0 radical (unpaired) electrons. The van der Waals surface area contributed by atoms with E-state index in [1.54, 1.807) is 0 Å². The van der Waals surface area contributed by atoms with Gasteiger partial charge in [-0.15, -0.1) is 0 Å². The Morgan fingerprint density at radius 2 is 1.84 bits per heavy atom. The molecule has 2 rings (SSSR count). The molecule has 2 N–H and O–H groups in total. The Kier molecular flexibility index (Phi) is 4.25. The van der Waals surface area contributed by atoms with Crippen LogP contribution < -0.4 is 5.73 Å². The van der Waals surface area contributed by atoms with E-state index in [4.69, 9.17) is 10.7 Å². The van der Waals surface area contributed by atoms with Crippen molar-refractivity contribution in [2.24, 2.45) is 5.73 Å². The molecule has 1 aromatic carbocycles. The molecule has 0 spiro atoms. The standard InChI is InChI=1S/C16H25N3/c1-4-11-19-14-10-8-7-9-13(14)18-15(19)16(5-2,6-3)12-17/h7-10H,4-6,11-12,17H2,1-3H3. The van der Waals surface area contributed by atoms with Crippen LogP contribution in [0.15, 0.2) is 24.3 Å². The van der Waals surface area contributed by atoms with Gasteiger partial charge >= 0.3 is 0 Å². The minimum Gasteiger partial charge on any atom is -0.329 e. The number of benzene rings is 1. The predicted molar refractivity (Wildman–Crippen MR) is 81.3 cm³/mol. The zero-order valence-corrected chi connectivity index (χ0v) is 12.3. The molecule has 3 nitrogen and oxygen atoms in total. The highest BCUT2D eigenvalue weighted by Gasteiger charge is 2.32. The van der Waals surface area contributed by atoms with Crippen molar-refractivity contribution in [3.05, 3.63) is 30.1 Å². The number of rotatable bonds is 6. The molecule has 0 aliphatic rings. The van der Waals surface area contributed by atoms with E-state index in [1.165, 1.54) is 11.3 Å². The smallest absolute Gasteiger partial charge is 0.117 e. The van der Waals surface area contributed by atoms with Crippen LogP contribution in [0.25, 0.3) is 11.0 Å². The Morgan fingerprint density at radius 1 is 1.16 bits per heavy atom. The number of aromatic nitrogens is 2. The van der Waals surface area contributed by atoms with Crippen molar-refractivity contribution < 1.29 is 0 Å². The average Bonchev–Trinajstić information content (AvgIpc) is 2.82. The minimum atomic E-state index is 0.00812. The monoisotopic (exact) mass is 259 g/mol. The fourth-order valence-electron chi connectivity index (χ4n) is 2.88. The molecule has 0 atom stereocenters. The summed E-state index contributed by atoms with van der Waals surface area (Å²) in [5, 5.41) is 0. The summed E-state index contributed by atoms with van der Waals surface area (Å²) < 4.78 is 2.37. The van der Waals surface area contributed by atoms with Crippen molar-refractivity contribution in [2.45, 2.75) is 52.0 Å². The first-order valence-electron chi connectivity index (χ1n) is 7.38. The first-order chi connectivity index (χ1) is 9.22. The molecule has 0 aliphatic carbocycles. The number of para-hydroxylation sites is 2. The van der Waals surface area contributed by atoms with Gasteiger partial charge in [-0.25, -0.2) is 4.98 Å². The molecule has 1 heterocycles. The summed E-state index contributed by atoms with van der Waals surface area (Å²) in [6, 6.07) is 8.39. The molecule has 2 aromatic rings. The molecule has 1 aromatic heterocycles. The molecule has 0 amide bonds. The minimum absolute atomic E-state index is 0.00812. The first kappa shape index (κ1) is 14.1. The molecule has 0 bridgehead atoms. The Hall–Kier alpha value is -1.35. The summed E-state index contributed by atoms with van der Waals surface area (Å²) in [6.07, 6.45) is 3.18. The summed E-state index contributed by atoms with van der Waals surface area (Å²) in [4.78, 5) is 4.90. The predicted octanol–water partition coefficient (Wildman–Crippen LogP) is 3.46. The molecule has 3 heteroatoms. The molecule has 19 heavy (non-hydrogen) atoms. The number of nitrogens with zero attached hydrogens (tertiary/aromatic N) is 2. The van der Waals surface area contributed by atoms with Crippen molar-refractivity contribution in [1.29, 1.82) is 0 Å². The van der Waals surface area contributed by atoms with Crippen LogP contribution in [0.5, 0.6) is 0 Å². The van der Waals surface area contributed by atoms with Gasteiger partial charge in [-0.2, -0.15) is 0 Å². The van der Waals surface area contributed by atoms with E-state index < -0.39 is 0 Å². The largest absolute Gasteiger partial charge is 0.329 e. The Balaban J connectivity index is 2.67. The van der Waals surface area contributed by atoms with Gasteiger partial charge in [0, 0.05) is 18.5 Å². The van der Waals surface area contributed by atoms with Crippen molar-refractivity contribution in [1.82, 2.24) is 9.55 Å². The van der Waals surface area contributed by atoms with Crippen LogP contribution in [0, 0.1) is 0 Å². The zero-order valence-electron chi connectivity index (χ0n) is 12.3. The van der Waals surface area contributed by atoms with Crippen molar-refractivity contribution >= 4 is 11.0 Å². The number of aryl methyl sites for hydroxylation is 1. The third-order valence-electron chi connectivity index (χ3n) is 4.32. The first-order valence-corrected chi connectivity index (χ1v) is 7.38. The second kappa shape index (κ2) is 5.74. The number of hydrogen-bond acceptors (Lipinski definition) is 2.